The van der Waals surface area contributed by atoms with Crippen molar-refractivity contribution in [1.29, 1.82) is 0 Å². The van der Waals surface area contributed by atoms with E-state index >= 15 is 0 Å². The molecule has 2 rings (SSSR count). The Hall–Kier alpha value is -0.600. The van der Waals surface area contributed by atoms with Gasteiger partial charge in [-0.15, -0.1) is 0 Å². The zero-order valence-corrected chi connectivity index (χ0v) is 15.2. The molecule has 19 heavy (non-hydrogen) atoms. The van der Waals surface area contributed by atoms with Crippen molar-refractivity contribution < 1.29 is 0 Å². The van der Waals surface area contributed by atoms with Crippen LogP contribution in [-0.4, -0.2) is 0 Å². The molecule has 0 unspecified atom stereocenters. The van der Waals surface area contributed by atoms with Gasteiger partial charge in [0, 0.05) is 8.95 Å². The number of rotatable bonds is 1. The third-order valence-electron chi connectivity index (χ3n) is 3.75. The minimum Gasteiger partial charge on any atom is -0.0503 e. The average Bonchev–Trinajstić information content (AvgIpc) is 2.37. The second kappa shape index (κ2) is 5.41. The van der Waals surface area contributed by atoms with Gasteiger partial charge in [0.05, 0.1) is 0 Å². The number of benzene rings is 2. The number of halogens is 2. The van der Waals surface area contributed by atoms with Crippen molar-refractivity contribution in [3.8, 4) is 11.1 Å². The molecule has 2 heteroatoms. The lowest BCUT2D eigenvalue weighted by molar-refractivity contribution is 1.26. The lowest BCUT2D eigenvalue weighted by atomic mass is 9.93. The summed E-state index contributed by atoms with van der Waals surface area (Å²) in [7, 11) is 0. The highest BCUT2D eigenvalue weighted by Gasteiger charge is 2.11. The zero-order valence-electron chi connectivity index (χ0n) is 12.0. The van der Waals surface area contributed by atoms with E-state index in [9.17, 15) is 0 Å². The fraction of sp³-hybridized carbons (Fsp3) is 0.294. The molecule has 0 atom stereocenters. The second-order valence-electron chi connectivity index (χ2n) is 5.23. The molecule has 0 spiro atoms. The molecule has 0 radical (unpaired) electrons. The van der Waals surface area contributed by atoms with E-state index in [-0.39, 0.29) is 0 Å². The van der Waals surface area contributed by atoms with Gasteiger partial charge in [-0.1, -0.05) is 50.1 Å². The third kappa shape index (κ3) is 2.66. The van der Waals surface area contributed by atoms with Gasteiger partial charge in [0.1, 0.15) is 0 Å². The summed E-state index contributed by atoms with van der Waals surface area (Å²) in [5.74, 6) is 0. The molecule has 2 aromatic carbocycles. The summed E-state index contributed by atoms with van der Waals surface area (Å²) < 4.78 is 2.43. The quantitative estimate of drug-likeness (QED) is 0.534. The Balaban J connectivity index is 2.73. The molecule has 0 saturated heterocycles. The lowest BCUT2D eigenvalue weighted by Crippen LogP contribution is -1.94. The van der Waals surface area contributed by atoms with E-state index in [0.29, 0.717) is 0 Å². The summed E-state index contributed by atoms with van der Waals surface area (Å²) in [5.41, 5.74) is 9.16. The molecular formula is C17H18Br2. The molecular weight excluding hydrogens is 364 g/mol. The molecule has 2 aromatic rings. The molecule has 0 heterocycles. The van der Waals surface area contributed by atoms with E-state index < -0.39 is 0 Å². The van der Waals surface area contributed by atoms with Gasteiger partial charge in [-0.2, -0.15) is 0 Å². The minimum atomic E-state index is 1.21. The lowest BCUT2D eigenvalue weighted by Gasteiger charge is -2.15. The van der Waals surface area contributed by atoms with E-state index in [2.05, 4.69) is 84.7 Å². The van der Waals surface area contributed by atoms with Crippen LogP contribution in [0.3, 0.4) is 0 Å². The van der Waals surface area contributed by atoms with E-state index in [1.807, 2.05) is 0 Å². The standard InChI is InChI=1S/C17H18Br2/c1-9-6-14(7-10(2)16(9)18)15-8-11(3)17(19)13(5)12(15)4/h6-8H,1-5H3. The Morgan fingerprint density at radius 3 is 1.63 bits per heavy atom. The molecule has 0 nitrogen and oxygen atoms in total. The highest BCUT2D eigenvalue weighted by molar-refractivity contribution is 9.10. The smallest absolute Gasteiger partial charge is 0.0236 e. The van der Waals surface area contributed by atoms with Gasteiger partial charge in [-0.05, 0) is 73.6 Å². The van der Waals surface area contributed by atoms with E-state index in [1.165, 1.54) is 47.9 Å². The molecule has 0 fully saturated rings. The maximum absolute atomic E-state index is 3.67. The van der Waals surface area contributed by atoms with Crippen LogP contribution in [-0.2, 0) is 0 Å². The van der Waals surface area contributed by atoms with Crippen LogP contribution in [0.4, 0.5) is 0 Å². The van der Waals surface area contributed by atoms with Crippen LogP contribution in [0.1, 0.15) is 27.8 Å². The van der Waals surface area contributed by atoms with Crippen molar-refractivity contribution in [2.24, 2.45) is 0 Å². The Kier molecular flexibility index (Phi) is 4.22. The fourth-order valence-electron chi connectivity index (χ4n) is 2.45. The highest BCUT2D eigenvalue weighted by atomic mass is 79.9. The van der Waals surface area contributed by atoms with Crippen LogP contribution >= 0.6 is 31.9 Å². The van der Waals surface area contributed by atoms with Crippen molar-refractivity contribution in [3.05, 3.63) is 55.0 Å². The topological polar surface area (TPSA) is 0 Å². The van der Waals surface area contributed by atoms with Crippen molar-refractivity contribution in [1.82, 2.24) is 0 Å². The van der Waals surface area contributed by atoms with Gasteiger partial charge >= 0.3 is 0 Å². The Morgan fingerprint density at radius 1 is 0.632 bits per heavy atom. The fourth-order valence-corrected chi connectivity index (χ4v) is 3.09. The van der Waals surface area contributed by atoms with Crippen molar-refractivity contribution in [2.75, 3.05) is 0 Å². The van der Waals surface area contributed by atoms with Gasteiger partial charge in [-0.3, -0.25) is 0 Å². The normalized spacial score (nSPS) is 10.9. The first-order valence-corrected chi connectivity index (χ1v) is 7.95. The monoisotopic (exact) mass is 380 g/mol. The molecule has 0 aliphatic rings. The van der Waals surface area contributed by atoms with Gasteiger partial charge in [-0.25, -0.2) is 0 Å². The zero-order chi connectivity index (χ0) is 14.3. The molecule has 0 aliphatic heterocycles. The van der Waals surface area contributed by atoms with Crippen molar-refractivity contribution in [3.63, 3.8) is 0 Å². The molecule has 0 amide bonds. The summed E-state index contributed by atoms with van der Waals surface area (Å²) in [6.07, 6.45) is 0. The van der Waals surface area contributed by atoms with E-state index in [0.717, 1.165) is 0 Å². The van der Waals surface area contributed by atoms with Crippen LogP contribution in [0.25, 0.3) is 11.1 Å². The first-order valence-electron chi connectivity index (χ1n) is 6.36. The molecule has 0 bridgehead atoms. The van der Waals surface area contributed by atoms with Crippen LogP contribution in [0, 0.1) is 34.6 Å². The molecule has 100 valence electrons. The Morgan fingerprint density at radius 2 is 1.11 bits per heavy atom. The molecule has 0 saturated carbocycles. The minimum absolute atomic E-state index is 1.21. The number of hydrogen-bond donors (Lipinski definition) is 0. The largest absolute Gasteiger partial charge is 0.0503 e. The maximum atomic E-state index is 3.67. The summed E-state index contributed by atoms with van der Waals surface area (Å²) >= 11 is 7.31. The van der Waals surface area contributed by atoms with Crippen molar-refractivity contribution in [2.45, 2.75) is 34.6 Å². The summed E-state index contributed by atoms with van der Waals surface area (Å²) in [5, 5.41) is 0. The van der Waals surface area contributed by atoms with Crippen LogP contribution in [0.15, 0.2) is 27.1 Å². The van der Waals surface area contributed by atoms with E-state index in [1.54, 1.807) is 0 Å². The Bertz CT molecular complexity index is 632. The predicted molar refractivity (Wildman–Crippen MR) is 91.0 cm³/mol. The summed E-state index contributed by atoms with van der Waals surface area (Å²) in [6.45, 7) is 10.8. The van der Waals surface area contributed by atoms with Gasteiger partial charge in [0.15, 0.2) is 0 Å². The number of hydrogen-bond acceptors (Lipinski definition) is 0. The molecule has 0 aliphatic carbocycles. The summed E-state index contributed by atoms with van der Waals surface area (Å²) in [6, 6.07) is 6.78. The van der Waals surface area contributed by atoms with Gasteiger partial charge in [0.2, 0.25) is 0 Å². The van der Waals surface area contributed by atoms with Crippen molar-refractivity contribution >= 4 is 31.9 Å². The first-order chi connectivity index (χ1) is 8.82. The van der Waals surface area contributed by atoms with Gasteiger partial charge in [0.25, 0.3) is 0 Å². The van der Waals surface area contributed by atoms with E-state index in [4.69, 9.17) is 0 Å². The number of aryl methyl sites for hydroxylation is 3. The second-order valence-corrected chi connectivity index (χ2v) is 6.82. The average molecular weight is 382 g/mol. The highest BCUT2D eigenvalue weighted by Crippen LogP contribution is 2.35. The van der Waals surface area contributed by atoms with Crippen LogP contribution < -0.4 is 0 Å². The predicted octanol–water partition coefficient (Wildman–Crippen LogP) is 6.42. The summed E-state index contributed by atoms with van der Waals surface area (Å²) in [4.78, 5) is 0. The maximum Gasteiger partial charge on any atom is 0.0236 e. The van der Waals surface area contributed by atoms with Gasteiger partial charge < -0.3 is 0 Å². The first kappa shape index (κ1) is 14.8. The third-order valence-corrected chi connectivity index (χ3v) is 6.22. The van der Waals surface area contributed by atoms with Crippen LogP contribution in [0.2, 0.25) is 0 Å². The van der Waals surface area contributed by atoms with Crippen LogP contribution in [0.5, 0.6) is 0 Å². The SMILES string of the molecule is Cc1cc(-c2cc(C)c(Br)c(C)c2C)cc(C)c1Br. The molecule has 0 N–H and O–H groups in total. The Labute approximate surface area is 132 Å². The molecule has 0 aromatic heterocycles.